The Morgan fingerprint density at radius 3 is 1.94 bits per heavy atom. The van der Waals surface area contributed by atoms with E-state index in [-0.39, 0.29) is 0 Å². The molecule has 0 radical (unpaired) electrons. The first kappa shape index (κ1) is 15.0. The van der Waals surface area contributed by atoms with Crippen molar-refractivity contribution in [2.75, 3.05) is 0 Å². The summed E-state index contributed by atoms with van der Waals surface area (Å²) >= 11 is 0. The molecule has 90 valence electrons. The van der Waals surface area contributed by atoms with Crippen LogP contribution in [0.4, 0.5) is 0 Å². The fraction of sp³-hybridized carbons (Fsp3) is 0.667. The van der Waals surface area contributed by atoms with Gasteiger partial charge in [0.25, 0.3) is 0 Å². The highest BCUT2D eigenvalue weighted by Gasteiger charge is 1.86. The molecule has 16 heavy (non-hydrogen) atoms. The minimum atomic E-state index is 1.05. The third kappa shape index (κ3) is 13.0. The Bertz CT molecular complexity index is 220. The van der Waals surface area contributed by atoms with Crippen molar-refractivity contribution in [1.82, 2.24) is 0 Å². The zero-order valence-electron chi connectivity index (χ0n) is 10.6. The summed E-state index contributed by atoms with van der Waals surface area (Å²) in [5.41, 5.74) is 0. The zero-order valence-corrected chi connectivity index (χ0v) is 10.6. The lowest BCUT2D eigenvalue weighted by molar-refractivity contribution is 0.692. The lowest BCUT2D eigenvalue weighted by Crippen LogP contribution is -1.75. The molecular formula is C15H25N. The van der Waals surface area contributed by atoms with Gasteiger partial charge in [0.2, 0.25) is 0 Å². The average Bonchev–Trinajstić information content (AvgIpc) is 2.31. The molecule has 0 unspecified atom stereocenters. The van der Waals surface area contributed by atoms with Crippen LogP contribution in [0.5, 0.6) is 0 Å². The molecule has 0 fully saturated rings. The van der Waals surface area contributed by atoms with Crippen LogP contribution in [0.1, 0.15) is 64.7 Å². The Morgan fingerprint density at radius 2 is 1.38 bits per heavy atom. The molecule has 0 aliphatic rings. The Kier molecular flexibility index (Phi) is 13.1. The maximum absolute atomic E-state index is 8.28. The van der Waals surface area contributed by atoms with Crippen LogP contribution >= 0.6 is 0 Å². The molecular weight excluding hydrogens is 194 g/mol. The third-order valence-electron chi connectivity index (χ3n) is 2.57. The summed E-state index contributed by atoms with van der Waals surface area (Å²) in [6.07, 6.45) is 19.5. The van der Waals surface area contributed by atoms with Gasteiger partial charge in [-0.3, -0.25) is 0 Å². The van der Waals surface area contributed by atoms with Crippen molar-refractivity contribution in [3.05, 3.63) is 24.3 Å². The predicted octanol–water partition coefficient (Wildman–Crippen LogP) is 5.15. The summed E-state index contributed by atoms with van der Waals surface area (Å²) in [7, 11) is 0. The van der Waals surface area contributed by atoms with Crippen molar-refractivity contribution in [2.24, 2.45) is 0 Å². The second-order valence-corrected chi connectivity index (χ2v) is 4.14. The van der Waals surface area contributed by atoms with Crippen LogP contribution in [-0.4, -0.2) is 0 Å². The molecule has 0 aliphatic carbocycles. The van der Waals surface area contributed by atoms with E-state index in [1.165, 1.54) is 51.4 Å². The zero-order chi connectivity index (χ0) is 11.9. The number of unbranched alkanes of at least 4 members (excludes halogenated alkanes) is 7. The molecule has 0 atom stereocenters. The van der Waals surface area contributed by atoms with Crippen molar-refractivity contribution < 1.29 is 0 Å². The lowest BCUT2D eigenvalue weighted by Gasteiger charge is -1.95. The van der Waals surface area contributed by atoms with Crippen LogP contribution in [0.3, 0.4) is 0 Å². The first-order valence-corrected chi connectivity index (χ1v) is 6.61. The molecule has 0 spiro atoms. The molecule has 0 heterocycles. The molecule has 0 N–H and O–H groups in total. The van der Waals surface area contributed by atoms with Gasteiger partial charge in [-0.05, 0) is 38.5 Å². The van der Waals surface area contributed by atoms with Crippen LogP contribution in [0.2, 0.25) is 0 Å². The number of nitriles is 1. The van der Waals surface area contributed by atoms with Gasteiger partial charge in [-0.1, -0.05) is 44.4 Å². The second-order valence-electron chi connectivity index (χ2n) is 4.14. The molecule has 1 nitrogen and oxygen atoms in total. The standard InChI is InChI=1S/C15H25N/c1-2-3-4-5-6-7-8-9-10-11-12-13-14-15-16/h6-7,13-14H,2-5,8-12H2,1H3. The van der Waals surface area contributed by atoms with Gasteiger partial charge in [0.15, 0.2) is 0 Å². The lowest BCUT2D eigenvalue weighted by atomic mass is 10.1. The molecule has 0 aromatic carbocycles. The summed E-state index contributed by atoms with van der Waals surface area (Å²) in [5.74, 6) is 0. The second kappa shape index (κ2) is 14.0. The van der Waals surface area contributed by atoms with Crippen molar-refractivity contribution in [2.45, 2.75) is 64.7 Å². The maximum Gasteiger partial charge on any atom is 0.0908 e. The molecule has 0 aromatic heterocycles. The van der Waals surface area contributed by atoms with Crippen LogP contribution < -0.4 is 0 Å². The van der Waals surface area contributed by atoms with Crippen molar-refractivity contribution in [1.29, 1.82) is 5.26 Å². The predicted molar refractivity (Wildman–Crippen MR) is 71.1 cm³/mol. The number of rotatable bonds is 10. The highest BCUT2D eigenvalue weighted by Crippen LogP contribution is 2.05. The van der Waals surface area contributed by atoms with E-state index < -0.39 is 0 Å². The minimum absolute atomic E-state index is 1.05. The van der Waals surface area contributed by atoms with E-state index in [0.29, 0.717) is 0 Å². The quantitative estimate of drug-likeness (QED) is 0.283. The van der Waals surface area contributed by atoms with Crippen LogP contribution in [0.25, 0.3) is 0 Å². The SMILES string of the molecule is CCCCCC=CCCCCCC=CC#N. The highest BCUT2D eigenvalue weighted by molar-refractivity contribution is 5.01. The van der Waals surface area contributed by atoms with Gasteiger partial charge in [0.05, 0.1) is 6.07 Å². The number of hydrogen-bond acceptors (Lipinski definition) is 1. The summed E-state index contributed by atoms with van der Waals surface area (Å²) in [4.78, 5) is 0. The highest BCUT2D eigenvalue weighted by atomic mass is 14.2. The van der Waals surface area contributed by atoms with E-state index in [1.807, 2.05) is 12.1 Å². The fourth-order valence-electron chi connectivity index (χ4n) is 1.59. The van der Waals surface area contributed by atoms with Crippen LogP contribution in [0.15, 0.2) is 24.3 Å². The summed E-state index contributed by atoms with van der Waals surface area (Å²) in [6, 6.07) is 2.01. The van der Waals surface area contributed by atoms with Crippen LogP contribution in [-0.2, 0) is 0 Å². The molecule has 0 amide bonds. The van der Waals surface area contributed by atoms with E-state index in [0.717, 1.165) is 6.42 Å². The Hall–Kier alpha value is -1.03. The van der Waals surface area contributed by atoms with E-state index in [4.69, 9.17) is 5.26 Å². The van der Waals surface area contributed by atoms with Gasteiger partial charge in [-0.15, -0.1) is 0 Å². The summed E-state index contributed by atoms with van der Waals surface area (Å²) in [6.45, 7) is 2.24. The first-order chi connectivity index (χ1) is 7.91. The van der Waals surface area contributed by atoms with E-state index in [9.17, 15) is 0 Å². The van der Waals surface area contributed by atoms with Gasteiger partial charge in [0.1, 0.15) is 0 Å². The summed E-state index contributed by atoms with van der Waals surface area (Å²) < 4.78 is 0. The topological polar surface area (TPSA) is 23.8 Å². The van der Waals surface area contributed by atoms with E-state index in [1.54, 1.807) is 6.08 Å². The van der Waals surface area contributed by atoms with Crippen molar-refractivity contribution in [3.8, 4) is 6.07 Å². The van der Waals surface area contributed by atoms with E-state index >= 15 is 0 Å². The number of nitrogens with zero attached hydrogens (tertiary/aromatic N) is 1. The van der Waals surface area contributed by atoms with E-state index in [2.05, 4.69) is 19.1 Å². The van der Waals surface area contributed by atoms with Crippen LogP contribution in [0, 0.1) is 11.3 Å². The number of allylic oxidation sites excluding steroid dienone is 4. The Labute approximate surface area is 101 Å². The average molecular weight is 219 g/mol. The third-order valence-corrected chi connectivity index (χ3v) is 2.57. The smallest absolute Gasteiger partial charge is 0.0908 e. The van der Waals surface area contributed by atoms with Gasteiger partial charge in [0, 0.05) is 6.08 Å². The van der Waals surface area contributed by atoms with Gasteiger partial charge >= 0.3 is 0 Å². The molecule has 0 aromatic rings. The van der Waals surface area contributed by atoms with Gasteiger partial charge < -0.3 is 0 Å². The van der Waals surface area contributed by atoms with Crippen molar-refractivity contribution in [3.63, 3.8) is 0 Å². The molecule has 0 rings (SSSR count). The largest absolute Gasteiger partial charge is 0.193 e. The van der Waals surface area contributed by atoms with Gasteiger partial charge in [-0.2, -0.15) is 5.26 Å². The monoisotopic (exact) mass is 219 g/mol. The molecule has 0 saturated heterocycles. The van der Waals surface area contributed by atoms with Crippen molar-refractivity contribution >= 4 is 0 Å². The molecule has 0 bridgehead atoms. The molecule has 0 saturated carbocycles. The Morgan fingerprint density at radius 1 is 0.812 bits per heavy atom. The normalized spacial score (nSPS) is 11.2. The maximum atomic E-state index is 8.28. The minimum Gasteiger partial charge on any atom is -0.193 e. The van der Waals surface area contributed by atoms with Gasteiger partial charge in [-0.25, -0.2) is 0 Å². The Balaban J connectivity index is 3.09. The summed E-state index contributed by atoms with van der Waals surface area (Å²) in [5, 5.41) is 8.28. The fourth-order valence-corrected chi connectivity index (χ4v) is 1.59. The molecule has 1 heteroatoms. The first-order valence-electron chi connectivity index (χ1n) is 6.61. The molecule has 0 aliphatic heterocycles. The number of hydrogen-bond donors (Lipinski definition) is 0.